The number of fused-ring (bicyclic) bond motifs is 1. The molecule has 0 heterocycles. The standard InChI is InChI=1S/C14H13F/c1-2-3-6-11-9-10-14(15)13-8-5-4-7-12(11)13/h2,4-5,7-10H,1,3,6H2. The normalized spacial score (nSPS) is 10.5. The van der Waals surface area contributed by atoms with E-state index in [9.17, 15) is 4.39 Å². The fourth-order valence-electron chi connectivity index (χ4n) is 1.80. The highest BCUT2D eigenvalue weighted by Gasteiger charge is 2.03. The van der Waals surface area contributed by atoms with Crippen LogP contribution in [0.4, 0.5) is 4.39 Å². The Kier molecular flexibility index (Phi) is 2.82. The summed E-state index contributed by atoms with van der Waals surface area (Å²) in [4.78, 5) is 0. The third-order valence-corrected chi connectivity index (χ3v) is 2.58. The Labute approximate surface area is 89.0 Å². The number of benzene rings is 2. The predicted octanol–water partition coefficient (Wildman–Crippen LogP) is 4.10. The summed E-state index contributed by atoms with van der Waals surface area (Å²) in [6, 6.07) is 11.0. The van der Waals surface area contributed by atoms with Crippen molar-refractivity contribution in [2.75, 3.05) is 0 Å². The average Bonchev–Trinajstić information content (AvgIpc) is 2.29. The van der Waals surface area contributed by atoms with Gasteiger partial charge in [-0.1, -0.05) is 36.4 Å². The van der Waals surface area contributed by atoms with Gasteiger partial charge in [0.1, 0.15) is 5.82 Å². The summed E-state index contributed by atoms with van der Waals surface area (Å²) >= 11 is 0. The number of halogens is 1. The Balaban J connectivity index is 2.56. The molecule has 1 heteroatoms. The minimum absolute atomic E-state index is 0.145. The van der Waals surface area contributed by atoms with Crippen molar-refractivity contribution in [2.45, 2.75) is 12.8 Å². The van der Waals surface area contributed by atoms with Crippen LogP contribution in [0.3, 0.4) is 0 Å². The summed E-state index contributed by atoms with van der Waals surface area (Å²) < 4.78 is 13.5. The second-order valence-corrected chi connectivity index (χ2v) is 3.58. The van der Waals surface area contributed by atoms with Crippen molar-refractivity contribution in [3.63, 3.8) is 0 Å². The molecule has 0 saturated carbocycles. The molecule has 0 aliphatic heterocycles. The first kappa shape index (κ1) is 9.91. The van der Waals surface area contributed by atoms with Crippen molar-refractivity contribution >= 4 is 10.8 Å². The van der Waals surface area contributed by atoms with Gasteiger partial charge in [0.25, 0.3) is 0 Å². The summed E-state index contributed by atoms with van der Waals surface area (Å²) in [5.74, 6) is -0.145. The van der Waals surface area contributed by atoms with Gasteiger partial charge in [0.2, 0.25) is 0 Å². The highest BCUT2D eigenvalue weighted by atomic mass is 19.1. The number of allylic oxidation sites excluding steroid dienone is 1. The Bertz CT molecular complexity index is 486. The first-order valence-corrected chi connectivity index (χ1v) is 5.10. The smallest absolute Gasteiger partial charge is 0.131 e. The molecule has 0 N–H and O–H groups in total. The molecule has 0 spiro atoms. The number of hydrogen-bond donors (Lipinski definition) is 0. The van der Waals surface area contributed by atoms with Crippen molar-refractivity contribution in [1.29, 1.82) is 0 Å². The molecule has 0 nitrogen and oxygen atoms in total. The summed E-state index contributed by atoms with van der Waals surface area (Å²) in [6.45, 7) is 3.70. The highest BCUT2D eigenvalue weighted by Crippen LogP contribution is 2.22. The van der Waals surface area contributed by atoms with Gasteiger partial charge < -0.3 is 0 Å². The van der Waals surface area contributed by atoms with Crippen LogP contribution >= 0.6 is 0 Å². The van der Waals surface area contributed by atoms with Crippen LogP contribution in [0, 0.1) is 5.82 Å². The molecule has 2 rings (SSSR count). The van der Waals surface area contributed by atoms with Crippen molar-refractivity contribution < 1.29 is 4.39 Å². The molecular formula is C14H13F. The zero-order valence-corrected chi connectivity index (χ0v) is 8.54. The molecule has 15 heavy (non-hydrogen) atoms. The van der Waals surface area contributed by atoms with Gasteiger partial charge in [-0.15, -0.1) is 6.58 Å². The van der Waals surface area contributed by atoms with Crippen molar-refractivity contribution in [2.24, 2.45) is 0 Å². The van der Waals surface area contributed by atoms with Crippen LogP contribution in [0.2, 0.25) is 0 Å². The quantitative estimate of drug-likeness (QED) is 0.654. The van der Waals surface area contributed by atoms with Crippen LogP contribution < -0.4 is 0 Å². The van der Waals surface area contributed by atoms with Crippen LogP contribution in [0.25, 0.3) is 10.8 Å². The van der Waals surface area contributed by atoms with E-state index in [1.807, 2.05) is 36.4 Å². The lowest BCUT2D eigenvalue weighted by Crippen LogP contribution is -1.88. The lowest BCUT2D eigenvalue weighted by Gasteiger charge is -2.05. The van der Waals surface area contributed by atoms with Crippen molar-refractivity contribution in [3.8, 4) is 0 Å². The van der Waals surface area contributed by atoms with E-state index in [0.29, 0.717) is 5.39 Å². The van der Waals surface area contributed by atoms with Crippen LogP contribution in [0.5, 0.6) is 0 Å². The zero-order chi connectivity index (χ0) is 10.7. The first-order chi connectivity index (χ1) is 7.33. The average molecular weight is 200 g/mol. The van der Waals surface area contributed by atoms with Gasteiger partial charge in [-0.2, -0.15) is 0 Å². The monoisotopic (exact) mass is 200 g/mol. The van der Waals surface area contributed by atoms with Crippen LogP contribution in [0.15, 0.2) is 49.1 Å². The summed E-state index contributed by atoms with van der Waals surface area (Å²) in [7, 11) is 0. The van der Waals surface area contributed by atoms with E-state index < -0.39 is 0 Å². The fourth-order valence-corrected chi connectivity index (χ4v) is 1.80. The minimum atomic E-state index is -0.145. The Morgan fingerprint density at radius 3 is 2.53 bits per heavy atom. The van der Waals surface area contributed by atoms with Gasteiger partial charge in [-0.05, 0) is 29.9 Å². The minimum Gasteiger partial charge on any atom is -0.206 e. The van der Waals surface area contributed by atoms with E-state index in [2.05, 4.69) is 6.58 Å². The third-order valence-electron chi connectivity index (χ3n) is 2.58. The summed E-state index contributed by atoms with van der Waals surface area (Å²) in [5, 5.41) is 1.72. The molecule has 0 saturated heterocycles. The Morgan fingerprint density at radius 2 is 1.80 bits per heavy atom. The molecule has 2 aromatic carbocycles. The van der Waals surface area contributed by atoms with Gasteiger partial charge >= 0.3 is 0 Å². The Hall–Kier alpha value is -1.63. The molecule has 0 atom stereocenters. The SMILES string of the molecule is C=CCCc1ccc(F)c2ccccc12. The molecule has 0 aromatic heterocycles. The fraction of sp³-hybridized carbons (Fsp3) is 0.143. The van der Waals surface area contributed by atoms with Gasteiger partial charge in [-0.25, -0.2) is 4.39 Å². The molecule has 0 bridgehead atoms. The third kappa shape index (κ3) is 1.91. The Morgan fingerprint density at radius 1 is 1.07 bits per heavy atom. The molecule has 0 radical (unpaired) electrons. The van der Waals surface area contributed by atoms with E-state index in [1.54, 1.807) is 6.07 Å². The largest absolute Gasteiger partial charge is 0.206 e. The maximum Gasteiger partial charge on any atom is 0.131 e. The van der Waals surface area contributed by atoms with E-state index in [4.69, 9.17) is 0 Å². The maximum atomic E-state index is 13.5. The zero-order valence-electron chi connectivity index (χ0n) is 8.54. The molecule has 2 aromatic rings. The van der Waals surface area contributed by atoms with Gasteiger partial charge in [0, 0.05) is 5.39 Å². The number of rotatable bonds is 3. The van der Waals surface area contributed by atoms with Crippen LogP contribution in [-0.4, -0.2) is 0 Å². The number of aryl methyl sites for hydroxylation is 1. The molecule has 0 aliphatic carbocycles. The first-order valence-electron chi connectivity index (χ1n) is 5.10. The van der Waals surface area contributed by atoms with E-state index in [1.165, 1.54) is 5.56 Å². The molecule has 0 unspecified atom stereocenters. The van der Waals surface area contributed by atoms with Crippen molar-refractivity contribution in [3.05, 3.63) is 60.4 Å². The van der Waals surface area contributed by atoms with Gasteiger partial charge in [0.05, 0.1) is 0 Å². The molecule has 0 amide bonds. The van der Waals surface area contributed by atoms with E-state index in [-0.39, 0.29) is 5.82 Å². The molecule has 0 fully saturated rings. The second-order valence-electron chi connectivity index (χ2n) is 3.58. The second kappa shape index (κ2) is 4.26. The van der Waals surface area contributed by atoms with Gasteiger partial charge in [-0.3, -0.25) is 0 Å². The topological polar surface area (TPSA) is 0 Å². The lowest BCUT2D eigenvalue weighted by molar-refractivity contribution is 0.639. The summed E-state index contributed by atoms with van der Waals surface area (Å²) in [5.41, 5.74) is 1.19. The molecular weight excluding hydrogens is 187 g/mol. The number of hydrogen-bond acceptors (Lipinski definition) is 0. The molecule has 0 aliphatic rings. The summed E-state index contributed by atoms with van der Waals surface area (Å²) in [6.07, 6.45) is 3.73. The van der Waals surface area contributed by atoms with Crippen molar-refractivity contribution in [1.82, 2.24) is 0 Å². The maximum absolute atomic E-state index is 13.5. The van der Waals surface area contributed by atoms with Gasteiger partial charge in [0.15, 0.2) is 0 Å². The predicted molar refractivity (Wildman–Crippen MR) is 62.4 cm³/mol. The van der Waals surface area contributed by atoms with E-state index >= 15 is 0 Å². The van der Waals surface area contributed by atoms with E-state index in [0.717, 1.165) is 18.2 Å². The highest BCUT2D eigenvalue weighted by molar-refractivity contribution is 5.86. The van der Waals surface area contributed by atoms with Crippen LogP contribution in [0.1, 0.15) is 12.0 Å². The molecule has 76 valence electrons. The van der Waals surface area contributed by atoms with Crippen LogP contribution in [-0.2, 0) is 6.42 Å². The lowest BCUT2D eigenvalue weighted by atomic mass is 10.0.